The molecule has 1 aromatic heterocycles. The van der Waals surface area contributed by atoms with Crippen molar-refractivity contribution in [1.29, 1.82) is 0 Å². The van der Waals surface area contributed by atoms with Gasteiger partial charge in [0.05, 0.1) is 20.3 Å². The number of rotatable bonds is 7. The molecule has 114 valence electrons. The van der Waals surface area contributed by atoms with Gasteiger partial charge in [0.2, 0.25) is 0 Å². The van der Waals surface area contributed by atoms with Crippen LogP contribution >= 0.6 is 27.3 Å². The zero-order chi connectivity index (χ0) is 15.2. The lowest BCUT2D eigenvalue weighted by atomic mass is 9.99. The van der Waals surface area contributed by atoms with Gasteiger partial charge in [-0.1, -0.05) is 6.92 Å². The summed E-state index contributed by atoms with van der Waals surface area (Å²) in [5.41, 5.74) is 2.36. The molecule has 5 heteroatoms. The van der Waals surface area contributed by atoms with E-state index in [1.54, 1.807) is 25.6 Å². The van der Waals surface area contributed by atoms with Crippen LogP contribution < -0.4 is 14.8 Å². The Morgan fingerprint density at radius 1 is 1.24 bits per heavy atom. The minimum absolute atomic E-state index is 0.119. The van der Waals surface area contributed by atoms with Crippen LogP contribution in [0.5, 0.6) is 11.5 Å². The molecule has 0 radical (unpaired) electrons. The predicted molar refractivity (Wildman–Crippen MR) is 91.7 cm³/mol. The second-order valence-electron chi connectivity index (χ2n) is 4.65. The quantitative estimate of drug-likeness (QED) is 0.772. The van der Waals surface area contributed by atoms with Crippen molar-refractivity contribution in [3.05, 3.63) is 44.6 Å². The number of methoxy groups -OCH3 is 2. The molecule has 1 heterocycles. The number of nitrogens with one attached hydrogen (secondary N) is 1. The normalized spacial score (nSPS) is 12.2. The molecule has 2 rings (SSSR count). The van der Waals surface area contributed by atoms with Gasteiger partial charge in [0.25, 0.3) is 0 Å². The van der Waals surface area contributed by atoms with E-state index in [2.05, 4.69) is 51.1 Å². The standard InChI is InChI=1S/C16H20BrNO2S/c1-4-8-18-15(11-7-9-21-10-11)12-5-6-13(19-2)14(17)16(12)20-3/h5-7,9-10,15,18H,4,8H2,1-3H3. The van der Waals surface area contributed by atoms with Gasteiger partial charge in [0, 0.05) is 5.56 Å². The van der Waals surface area contributed by atoms with Crippen LogP contribution in [0.2, 0.25) is 0 Å². The Balaban J connectivity index is 2.46. The van der Waals surface area contributed by atoms with Gasteiger partial charge in [-0.05, 0) is 63.4 Å². The summed E-state index contributed by atoms with van der Waals surface area (Å²) in [5, 5.41) is 7.86. The van der Waals surface area contributed by atoms with E-state index in [-0.39, 0.29) is 6.04 Å². The zero-order valence-corrected chi connectivity index (χ0v) is 14.9. The lowest BCUT2D eigenvalue weighted by molar-refractivity contribution is 0.382. The largest absolute Gasteiger partial charge is 0.495 e. The third-order valence-corrected chi connectivity index (χ3v) is 4.75. The average molecular weight is 370 g/mol. The third kappa shape index (κ3) is 3.59. The van der Waals surface area contributed by atoms with Crippen molar-refractivity contribution in [2.75, 3.05) is 20.8 Å². The zero-order valence-electron chi connectivity index (χ0n) is 12.5. The van der Waals surface area contributed by atoms with E-state index in [0.717, 1.165) is 34.5 Å². The number of hydrogen-bond donors (Lipinski definition) is 1. The summed E-state index contributed by atoms with van der Waals surface area (Å²) in [6.45, 7) is 3.12. The maximum Gasteiger partial charge on any atom is 0.141 e. The molecular weight excluding hydrogens is 350 g/mol. The summed E-state index contributed by atoms with van der Waals surface area (Å²) in [5.74, 6) is 1.59. The fourth-order valence-electron chi connectivity index (χ4n) is 2.28. The van der Waals surface area contributed by atoms with E-state index >= 15 is 0 Å². The van der Waals surface area contributed by atoms with E-state index in [1.807, 2.05) is 6.07 Å². The van der Waals surface area contributed by atoms with E-state index in [4.69, 9.17) is 9.47 Å². The average Bonchev–Trinajstić information content (AvgIpc) is 3.02. The highest BCUT2D eigenvalue weighted by Crippen LogP contribution is 2.41. The number of benzene rings is 1. The lowest BCUT2D eigenvalue weighted by Gasteiger charge is -2.22. The van der Waals surface area contributed by atoms with Gasteiger partial charge in [-0.3, -0.25) is 0 Å². The molecular formula is C16H20BrNO2S. The maximum atomic E-state index is 5.61. The van der Waals surface area contributed by atoms with Gasteiger partial charge >= 0.3 is 0 Å². The number of ether oxygens (including phenoxy) is 2. The molecule has 0 aliphatic carbocycles. The van der Waals surface area contributed by atoms with Crippen molar-refractivity contribution >= 4 is 27.3 Å². The van der Waals surface area contributed by atoms with Crippen LogP contribution in [0.25, 0.3) is 0 Å². The summed E-state index contributed by atoms with van der Waals surface area (Å²) in [7, 11) is 3.35. The molecule has 2 aromatic rings. The summed E-state index contributed by atoms with van der Waals surface area (Å²) in [6.07, 6.45) is 1.08. The minimum Gasteiger partial charge on any atom is -0.495 e. The van der Waals surface area contributed by atoms with E-state index < -0.39 is 0 Å². The fourth-order valence-corrected chi connectivity index (χ4v) is 3.65. The van der Waals surface area contributed by atoms with Crippen molar-refractivity contribution in [1.82, 2.24) is 5.32 Å². The van der Waals surface area contributed by atoms with Crippen molar-refractivity contribution in [2.45, 2.75) is 19.4 Å². The van der Waals surface area contributed by atoms with Crippen molar-refractivity contribution in [3.63, 3.8) is 0 Å². The molecule has 3 nitrogen and oxygen atoms in total. The Bertz CT molecular complexity index is 572. The number of hydrogen-bond acceptors (Lipinski definition) is 4. The van der Waals surface area contributed by atoms with E-state index in [0.29, 0.717) is 0 Å². The Hall–Kier alpha value is -1.04. The second kappa shape index (κ2) is 7.82. The van der Waals surface area contributed by atoms with Crippen LogP contribution in [0.1, 0.15) is 30.5 Å². The highest BCUT2D eigenvalue weighted by molar-refractivity contribution is 9.10. The third-order valence-electron chi connectivity index (χ3n) is 3.30. The predicted octanol–water partition coefficient (Wildman–Crippen LogP) is 4.62. The smallest absolute Gasteiger partial charge is 0.141 e. The first-order chi connectivity index (χ1) is 10.2. The molecule has 0 aliphatic rings. The van der Waals surface area contributed by atoms with Crippen LogP contribution in [0.3, 0.4) is 0 Å². The Morgan fingerprint density at radius 2 is 2.05 bits per heavy atom. The fraction of sp³-hybridized carbons (Fsp3) is 0.375. The topological polar surface area (TPSA) is 30.5 Å². The summed E-state index contributed by atoms with van der Waals surface area (Å²) in [6, 6.07) is 6.30. The summed E-state index contributed by atoms with van der Waals surface area (Å²) >= 11 is 5.28. The van der Waals surface area contributed by atoms with Gasteiger partial charge in [-0.2, -0.15) is 11.3 Å². The summed E-state index contributed by atoms with van der Waals surface area (Å²) < 4.78 is 11.8. The van der Waals surface area contributed by atoms with Crippen LogP contribution in [0.15, 0.2) is 33.4 Å². The van der Waals surface area contributed by atoms with Gasteiger partial charge < -0.3 is 14.8 Å². The molecule has 0 amide bonds. The van der Waals surface area contributed by atoms with Crippen molar-refractivity contribution in [3.8, 4) is 11.5 Å². The molecule has 1 N–H and O–H groups in total. The van der Waals surface area contributed by atoms with Crippen LogP contribution in [-0.4, -0.2) is 20.8 Å². The first-order valence-electron chi connectivity index (χ1n) is 6.88. The summed E-state index contributed by atoms with van der Waals surface area (Å²) in [4.78, 5) is 0. The molecule has 0 saturated heterocycles. The first-order valence-corrected chi connectivity index (χ1v) is 8.62. The minimum atomic E-state index is 0.119. The molecule has 0 saturated carbocycles. The number of halogens is 1. The highest BCUT2D eigenvalue weighted by atomic mass is 79.9. The molecule has 0 spiro atoms. The van der Waals surface area contributed by atoms with Crippen LogP contribution in [0, 0.1) is 0 Å². The maximum absolute atomic E-state index is 5.61. The van der Waals surface area contributed by atoms with Crippen molar-refractivity contribution < 1.29 is 9.47 Å². The molecule has 1 unspecified atom stereocenters. The van der Waals surface area contributed by atoms with Gasteiger partial charge in [0.15, 0.2) is 0 Å². The van der Waals surface area contributed by atoms with Gasteiger partial charge in [-0.25, -0.2) is 0 Å². The van der Waals surface area contributed by atoms with Crippen LogP contribution in [0.4, 0.5) is 0 Å². The Morgan fingerprint density at radius 3 is 2.62 bits per heavy atom. The first kappa shape index (κ1) is 16.3. The van der Waals surface area contributed by atoms with E-state index in [1.165, 1.54) is 5.56 Å². The molecule has 0 bridgehead atoms. The Labute approximate surface area is 138 Å². The second-order valence-corrected chi connectivity index (χ2v) is 6.22. The molecule has 1 atom stereocenters. The van der Waals surface area contributed by atoms with Gasteiger partial charge in [-0.15, -0.1) is 0 Å². The highest BCUT2D eigenvalue weighted by Gasteiger charge is 2.21. The molecule has 0 aliphatic heterocycles. The lowest BCUT2D eigenvalue weighted by Crippen LogP contribution is -2.23. The van der Waals surface area contributed by atoms with Crippen LogP contribution in [-0.2, 0) is 0 Å². The molecule has 1 aromatic carbocycles. The molecule has 0 fully saturated rings. The Kier molecular flexibility index (Phi) is 6.08. The number of thiophene rings is 1. The SMILES string of the molecule is CCCNC(c1ccsc1)c1ccc(OC)c(Br)c1OC. The monoisotopic (exact) mass is 369 g/mol. The van der Waals surface area contributed by atoms with Crippen molar-refractivity contribution in [2.24, 2.45) is 0 Å². The molecule has 21 heavy (non-hydrogen) atoms. The van der Waals surface area contributed by atoms with E-state index in [9.17, 15) is 0 Å². The van der Waals surface area contributed by atoms with Gasteiger partial charge in [0.1, 0.15) is 16.0 Å².